The standard InChI is InChI=1S/C21H19FN4O2S/c1-15-3-6-17(7-4-15)28-14-20(27)26(12-11-25-10-2-9-23-25)21-24-18-8-5-16(22)13-19(18)29-21/h2-10,13H,11-12,14H2,1H3. The van der Waals surface area contributed by atoms with Crippen molar-refractivity contribution in [3.05, 3.63) is 72.3 Å². The summed E-state index contributed by atoms with van der Waals surface area (Å²) in [4.78, 5) is 19.0. The number of fused-ring (bicyclic) bond motifs is 1. The van der Waals surface area contributed by atoms with Crippen molar-refractivity contribution < 1.29 is 13.9 Å². The Morgan fingerprint density at radius 3 is 2.83 bits per heavy atom. The van der Waals surface area contributed by atoms with Gasteiger partial charge in [0, 0.05) is 18.9 Å². The molecule has 6 nitrogen and oxygen atoms in total. The van der Waals surface area contributed by atoms with Gasteiger partial charge in [0.25, 0.3) is 5.91 Å². The Bertz CT molecular complexity index is 1110. The Morgan fingerprint density at radius 2 is 2.07 bits per heavy atom. The summed E-state index contributed by atoms with van der Waals surface area (Å²) in [6.45, 7) is 2.75. The van der Waals surface area contributed by atoms with Crippen molar-refractivity contribution >= 4 is 32.6 Å². The number of halogens is 1. The van der Waals surface area contributed by atoms with Gasteiger partial charge in [-0.15, -0.1) is 0 Å². The van der Waals surface area contributed by atoms with Gasteiger partial charge >= 0.3 is 0 Å². The molecule has 0 saturated heterocycles. The number of anilines is 1. The summed E-state index contributed by atoms with van der Waals surface area (Å²) < 4.78 is 21.6. The van der Waals surface area contributed by atoms with Crippen molar-refractivity contribution in [1.82, 2.24) is 14.8 Å². The molecule has 2 heterocycles. The molecule has 0 atom stereocenters. The molecule has 0 saturated carbocycles. The van der Waals surface area contributed by atoms with E-state index >= 15 is 0 Å². The summed E-state index contributed by atoms with van der Waals surface area (Å²) in [6.07, 6.45) is 3.52. The molecule has 0 bridgehead atoms. The molecule has 0 spiro atoms. The predicted molar refractivity (Wildman–Crippen MR) is 111 cm³/mol. The van der Waals surface area contributed by atoms with E-state index in [0.29, 0.717) is 34.2 Å². The first kappa shape index (κ1) is 19.1. The number of ether oxygens (including phenoxy) is 1. The lowest BCUT2D eigenvalue weighted by molar-refractivity contribution is -0.120. The number of carbonyl (C=O) groups excluding carboxylic acids is 1. The fourth-order valence-electron chi connectivity index (χ4n) is 2.82. The first-order valence-corrected chi connectivity index (χ1v) is 9.93. The molecular formula is C21H19FN4O2S. The molecule has 2 aromatic carbocycles. The lowest BCUT2D eigenvalue weighted by Crippen LogP contribution is -2.37. The normalized spacial score (nSPS) is 11.0. The number of benzene rings is 2. The summed E-state index contributed by atoms with van der Waals surface area (Å²) in [6, 6.07) is 13.7. The Hall–Kier alpha value is -3.26. The van der Waals surface area contributed by atoms with Gasteiger partial charge in [-0.3, -0.25) is 14.4 Å². The van der Waals surface area contributed by atoms with Crippen LogP contribution in [-0.4, -0.2) is 33.8 Å². The molecule has 0 aliphatic rings. The Morgan fingerprint density at radius 1 is 1.24 bits per heavy atom. The maximum absolute atomic E-state index is 13.5. The first-order chi connectivity index (χ1) is 14.1. The number of amides is 1. The topological polar surface area (TPSA) is 60.2 Å². The number of carbonyl (C=O) groups is 1. The molecule has 0 radical (unpaired) electrons. The molecular weight excluding hydrogens is 391 g/mol. The van der Waals surface area contributed by atoms with E-state index < -0.39 is 0 Å². The Kier molecular flexibility index (Phi) is 5.53. The van der Waals surface area contributed by atoms with Crippen molar-refractivity contribution in [2.45, 2.75) is 13.5 Å². The average Bonchev–Trinajstić information content (AvgIpc) is 3.37. The molecule has 4 rings (SSSR count). The summed E-state index contributed by atoms with van der Waals surface area (Å²) >= 11 is 1.28. The van der Waals surface area contributed by atoms with Crippen molar-refractivity contribution in [3.63, 3.8) is 0 Å². The van der Waals surface area contributed by atoms with Crippen LogP contribution < -0.4 is 9.64 Å². The number of thiazole rings is 1. The minimum Gasteiger partial charge on any atom is -0.484 e. The van der Waals surface area contributed by atoms with E-state index in [1.54, 1.807) is 21.8 Å². The largest absolute Gasteiger partial charge is 0.484 e. The molecule has 0 N–H and O–H groups in total. The second kappa shape index (κ2) is 8.40. The number of hydrogen-bond acceptors (Lipinski definition) is 5. The zero-order valence-electron chi connectivity index (χ0n) is 15.8. The van der Waals surface area contributed by atoms with E-state index in [-0.39, 0.29) is 18.3 Å². The van der Waals surface area contributed by atoms with Gasteiger partial charge in [-0.25, -0.2) is 9.37 Å². The fraction of sp³-hybridized carbons (Fsp3) is 0.190. The lowest BCUT2D eigenvalue weighted by Gasteiger charge is -2.20. The van der Waals surface area contributed by atoms with Gasteiger partial charge in [-0.1, -0.05) is 29.0 Å². The molecule has 0 aliphatic carbocycles. The van der Waals surface area contributed by atoms with Gasteiger partial charge in [0.2, 0.25) is 0 Å². The minimum absolute atomic E-state index is 0.119. The highest BCUT2D eigenvalue weighted by Crippen LogP contribution is 2.29. The molecule has 2 aromatic heterocycles. The fourth-order valence-corrected chi connectivity index (χ4v) is 3.86. The third-order valence-electron chi connectivity index (χ3n) is 4.37. The van der Waals surface area contributed by atoms with E-state index in [2.05, 4.69) is 10.1 Å². The van der Waals surface area contributed by atoms with Gasteiger partial charge in [0.15, 0.2) is 11.7 Å². The van der Waals surface area contributed by atoms with Crippen LogP contribution >= 0.6 is 11.3 Å². The third-order valence-corrected chi connectivity index (χ3v) is 5.41. The maximum Gasteiger partial charge on any atom is 0.266 e. The second-order valence-corrected chi connectivity index (χ2v) is 7.53. The average molecular weight is 410 g/mol. The van der Waals surface area contributed by atoms with E-state index in [4.69, 9.17) is 4.74 Å². The smallest absolute Gasteiger partial charge is 0.266 e. The van der Waals surface area contributed by atoms with Crippen LogP contribution in [0.3, 0.4) is 0 Å². The van der Waals surface area contributed by atoms with Crippen LogP contribution in [0.2, 0.25) is 0 Å². The van der Waals surface area contributed by atoms with Gasteiger partial charge in [0.1, 0.15) is 11.6 Å². The predicted octanol–water partition coefficient (Wildman–Crippen LogP) is 4.05. The third kappa shape index (κ3) is 4.60. The number of hydrogen-bond donors (Lipinski definition) is 0. The minimum atomic E-state index is -0.329. The highest BCUT2D eigenvalue weighted by molar-refractivity contribution is 7.22. The monoisotopic (exact) mass is 410 g/mol. The molecule has 148 valence electrons. The van der Waals surface area contributed by atoms with Crippen molar-refractivity contribution in [1.29, 1.82) is 0 Å². The number of rotatable bonds is 7. The van der Waals surface area contributed by atoms with Gasteiger partial charge in [-0.2, -0.15) is 5.10 Å². The van der Waals surface area contributed by atoms with Crippen molar-refractivity contribution in [2.75, 3.05) is 18.1 Å². The number of nitrogens with zero attached hydrogens (tertiary/aromatic N) is 4. The number of aromatic nitrogens is 3. The SMILES string of the molecule is Cc1ccc(OCC(=O)N(CCn2cccn2)c2nc3ccc(F)cc3s2)cc1. The van der Waals surface area contributed by atoms with Crippen LogP contribution in [0.5, 0.6) is 5.75 Å². The molecule has 8 heteroatoms. The van der Waals surface area contributed by atoms with Crippen LogP contribution in [0.15, 0.2) is 60.9 Å². The van der Waals surface area contributed by atoms with Crippen LogP contribution in [0.4, 0.5) is 9.52 Å². The Balaban J connectivity index is 1.54. The van der Waals surface area contributed by atoms with Crippen molar-refractivity contribution in [2.24, 2.45) is 0 Å². The van der Waals surface area contributed by atoms with Gasteiger partial charge < -0.3 is 4.74 Å². The number of aryl methyl sites for hydroxylation is 1. The highest BCUT2D eigenvalue weighted by atomic mass is 32.1. The zero-order valence-corrected chi connectivity index (χ0v) is 16.6. The van der Waals surface area contributed by atoms with E-state index in [0.717, 1.165) is 5.56 Å². The van der Waals surface area contributed by atoms with E-state index in [1.165, 1.54) is 23.5 Å². The van der Waals surface area contributed by atoms with Crippen LogP contribution in [0.1, 0.15) is 5.56 Å². The highest BCUT2D eigenvalue weighted by Gasteiger charge is 2.20. The summed E-state index contributed by atoms with van der Waals surface area (Å²) in [5.74, 6) is 0.0735. The first-order valence-electron chi connectivity index (χ1n) is 9.12. The van der Waals surface area contributed by atoms with E-state index in [1.807, 2.05) is 43.5 Å². The van der Waals surface area contributed by atoms with Crippen molar-refractivity contribution in [3.8, 4) is 5.75 Å². The van der Waals surface area contributed by atoms with Gasteiger partial charge in [0.05, 0.1) is 16.8 Å². The summed E-state index contributed by atoms with van der Waals surface area (Å²) in [5.41, 5.74) is 1.77. The summed E-state index contributed by atoms with van der Waals surface area (Å²) in [7, 11) is 0. The summed E-state index contributed by atoms with van der Waals surface area (Å²) in [5, 5.41) is 4.69. The molecule has 29 heavy (non-hydrogen) atoms. The molecule has 1 amide bonds. The Labute approximate surface area is 171 Å². The molecule has 4 aromatic rings. The van der Waals surface area contributed by atoms with Crippen LogP contribution in [-0.2, 0) is 11.3 Å². The quantitative estimate of drug-likeness (QED) is 0.461. The lowest BCUT2D eigenvalue weighted by atomic mass is 10.2. The molecule has 0 fully saturated rings. The van der Waals surface area contributed by atoms with Crippen LogP contribution in [0.25, 0.3) is 10.2 Å². The van der Waals surface area contributed by atoms with Crippen LogP contribution in [0, 0.1) is 12.7 Å². The van der Waals surface area contributed by atoms with Gasteiger partial charge in [-0.05, 0) is 43.3 Å². The molecule has 0 unspecified atom stereocenters. The molecule has 0 aliphatic heterocycles. The van der Waals surface area contributed by atoms with E-state index in [9.17, 15) is 9.18 Å². The zero-order chi connectivity index (χ0) is 20.2. The maximum atomic E-state index is 13.5. The second-order valence-electron chi connectivity index (χ2n) is 6.52.